The molecule has 20 heavy (non-hydrogen) atoms. The second kappa shape index (κ2) is 5.12. The number of nitrogen functional groups attached to an aromatic ring is 1. The number of nitrogens with one attached hydrogen (secondary N) is 1. The van der Waals surface area contributed by atoms with E-state index in [9.17, 15) is 18.0 Å². The van der Waals surface area contributed by atoms with Crippen molar-refractivity contribution in [2.24, 2.45) is 0 Å². The fourth-order valence-corrected chi connectivity index (χ4v) is 1.67. The lowest BCUT2D eigenvalue weighted by atomic mass is 10.1. The van der Waals surface area contributed by atoms with E-state index in [2.05, 4.69) is 5.32 Å². The maximum atomic E-state index is 13.5. The maximum absolute atomic E-state index is 13.5. The first-order valence-corrected chi connectivity index (χ1v) is 5.44. The van der Waals surface area contributed by atoms with Crippen LogP contribution in [0.1, 0.15) is 10.4 Å². The largest absolute Gasteiger partial charge is 0.478 e. The Labute approximate surface area is 111 Å². The number of halogens is 3. The van der Waals surface area contributed by atoms with Crippen LogP contribution < -0.4 is 11.1 Å². The van der Waals surface area contributed by atoms with Gasteiger partial charge in [0.25, 0.3) is 0 Å². The van der Waals surface area contributed by atoms with E-state index < -0.39 is 34.7 Å². The topological polar surface area (TPSA) is 75.3 Å². The van der Waals surface area contributed by atoms with Crippen molar-refractivity contribution in [2.75, 3.05) is 11.1 Å². The molecule has 2 rings (SSSR count). The third kappa shape index (κ3) is 2.37. The van der Waals surface area contributed by atoms with Gasteiger partial charge in [0.1, 0.15) is 11.4 Å². The molecule has 0 heterocycles. The van der Waals surface area contributed by atoms with E-state index in [4.69, 9.17) is 10.8 Å². The first kappa shape index (κ1) is 13.7. The summed E-state index contributed by atoms with van der Waals surface area (Å²) in [5, 5.41) is 11.4. The van der Waals surface area contributed by atoms with Crippen molar-refractivity contribution in [3.05, 3.63) is 53.3 Å². The van der Waals surface area contributed by atoms with Crippen molar-refractivity contribution >= 4 is 23.0 Å². The molecule has 0 fully saturated rings. The van der Waals surface area contributed by atoms with Gasteiger partial charge in [0.05, 0.1) is 17.1 Å². The highest BCUT2D eigenvalue weighted by atomic mass is 19.2. The number of hydrogen-bond acceptors (Lipinski definition) is 3. The molecule has 2 aromatic rings. The number of benzene rings is 2. The van der Waals surface area contributed by atoms with E-state index in [0.29, 0.717) is 0 Å². The molecule has 2 aromatic carbocycles. The van der Waals surface area contributed by atoms with Crippen LogP contribution in [-0.2, 0) is 0 Å². The molecule has 0 radical (unpaired) electrons. The van der Waals surface area contributed by atoms with Gasteiger partial charge in [0.15, 0.2) is 11.6 Å². The van der Waals surface area contributed by atoms with Crippen LogP contribution in [0.15, 0.2) is 30.3 Å². The number of aromatic carboxylic acids is 1. The van der Waals surface area contributed by atoms with Crippen molar-refractivity contribution < 1.29 is 23.1 Å². The maximum Gasteiger partial charge on any atom is 0.340 e. The highest BCUT2D eigenvalue weighted by molar-refractivity contribution is 6.00. The van der Waals surface area contributed by atoms with Crippen LogP contribution in [0.4, 0.5) is 30.2 Å². The van der Waals surface area contributed by atoms with Crippen LogP contribution in [0, 0.1) is 17.5 Å². The Kier molecular flexibility index (Phi) is 3.51. The van der Waals surface area contributed by atoms with E-state index in [0.717, 1.165) is 18.2 Å². The van der Waals surface area contributed by atoms with Gasteiger partial charge in [-0.2, -0.15) is 0 Å². The lowest BCUT2D eigenvalue weighted by Gasteiger charge is -2.12. The minimum atomic E-state index is -1.48. The summed E-state index contributed by atoms with van der Waals surface area (Å²) in [6, 6.07) is 5.39. The second-order valence-electron chi connectivity index (χ2n) is 3.92. The quantitative estimate of drug-likeness (QED) is 0.756. The fraction of sp³-hybridized carbons (Fsp3) is 0. The molecular weight excluding hydrogens is 273 g/mol. The predicted octanol–water partition coefficient (Wildman–Crippen LogP) is 3.13. The summed E-state index contributed by atoms with van der Waals surface area (Å²) in [6.45, 7) is 0. The van der Waals surface area contributed by atoms with E-state index in [-0.39, 0.29) is 11.4 Å². The number of rotatable bonds is 3. The van der Waals surface area contributed by atoms with Gasteiger partial charge in [0, 0.05) is 0 Å². The summed E-state index contributed by atoms with van der Waals surface area (Å²) < 4.78 is 39.8. The summed E-state index contributed by atoms with van der Waals surface area (Å²) in [6.07, 6.45) is 0. The van der Waals surface area contributed by atoms with Gasteiger partial charge in [-0.15, -0.1) is 0 Å². The highest BCUT2D eigenvalue weighted by Gasteiger charge is 2.19. The van der Waals surface area contributed by atoms with Crippen LogP contribution in [0.2, 0.25) is 0 Å². The average Bonchev–Trinajstić information content (AvgIpc) is 2.39. The number of carboxylic acids is 1. The molecule has 0 bridgehead atoms. The van der Waals surface area contributed by atoms with Crippen molar-refractivity contribution in [3.8, 4) is 0 Å². The van der Waals surface area contributed by atoms with Crippen LogP contribution in [0.5, 0.6) is 0 Å². The zero-order chi connectivity index (χ0) is 14.9. The fourth-order valence-electron chi connectivity index (χ4n) is 1.67. The van der Waals surface area contributed by atoms with E-state index >= 15 is 0 Å². The summed E-state index contributed by atoms with van der Waals surface area (Å²) in [5.41, 5.74) is 3.79. The first-order valence-electron chi connectivity index (χ1n) is 5.44. The number of anilines is 3. The zero-order valence-electron chi connectivity index (χ0n) is 9.95. The van der Waals surface area contributed by atoms with E-state index in [1.54, 1.807) is 0 Å². The summed E-state index contributed by atoms with van der Waals surface area (Å²) in [7, 11) is 0. The van der Waals surface area contributed by atoms with Gasteiger partial charge in [0.2, 0.25) is 0 Å². The Balaban J connectivity index is 2.52. The molecule has 0 amide bonds. The molecule has 0 aliphatic carbocycles. The molecule has 0 unspecified atom stereocenters. The Morgan fingerprint density at radius 1 is 1.05 bits per heavy atom. The lowest BCUT2D eigenvalue weighted by molar-refractivity contribution is 0.0698. The smallest absolute Gasteiger partial charge is 0.340 e. The Morgan fingerprint density at radius 3 is 2.40 bits per heavy atom. The van der Waals surface area contributed by atoms with Gasteiger partial charge in [-0.05, 0) is 24.3 Å². The van der Waals surface area contributed by atoms with Crippen molar-refractivity contribution in [1.29, 1.82) is 0 Å². The molecule has 0 saturated heterocycles. The Bertz CT molecular complexity index is 690. The van der Waals surface area contributed by atoms with Gasteiger partial charge >= 0.3 is 5.97 Å². The van der Waals surface area contributed by atoms with Gasteiger partial charge in [-0.1, -0.05) is 6.07 Å². The van der Waals surface area contributed by atoms with Crippen LogP contribution in [0.3, 0.4) is 0 Å². The van der Waals surface area contributed by atoms with Gasteiger partial charge in [-0.3, -0.25) is 0 Å². The van der Waals surface area contributed by atoms with Crippen molar-refractivity contribution in [3.63, 3.8) is 0 Å². The molecule has 0 atom stereocenters. The monoisotopic (exact) mass is 282 g/mol. The van der Waals surface area contributed by atoms with Gasteiger partial charge in [-0.25, -0.2) is 18.0 Å². The molecule has 4 N–H and O–H groups in total. The minimum absolute atomic E-state index is 0.138. The molecule has 0 spiro atoms. The van der Waals surface area contributed by atoms with Crippen LogP contribution in [0.25, 0.3) is 0 Å². The lowest BCUT2D eigenvalue weighted by Crippen LogP contribution is -2.09. The minimum Gasteiger partial charge on any atom is -0.478 e. The summed E-state index contributed by atoms with van der Waals surface area (Å²) >= 11 is 0. The SMILES string of the molecule is Nc1c(F)ccc(Nc2cccc(F)c2F)c1C(=O)O. The van der Waals surface area contributed by atoms with Crippen LogP contribution in [-0.4, -0.2) is 11.1 Å². The molecule has 0 aliphatic rings. The third-order valence-electron chi connectivity index (χ3n) is 2.63. The molecule has 0 aromatic heterocycles. The van der Waals surface area contributed by atoms with E-state index in [1.165, 1.54) is 12.1 Å². The van der Waals surface area contributed by atoms with E-state index in [1.807, 2.05) is 0 Å². The second-order valence-corrected chi connectivity index (χ2v) is 3.92. The van der Waals surface area contributed by atoms with Crippen molar-refractivity contribution in [1.82, 2.24) is 0 Å². The van der Waals surface area contributed by atoms with Crippen LogP contribution >= 0.6 is 0 Å². The zero-order valence-corrected chi connectivity index (χ0v) is 9.95. The number of hydrogen-bond donors (Lipinski definition) is 3. The molecule has 104 valence electrons. The molecular formula is C13H9F3N2O2. The number of nitrogens with two attached hydrogens (primary N) is 1. The number of carboxylic acid groups (broad SMARTS) is 1. The predicted molar refractivity (Wildman–Crippen MR) is 67.4 cm³/mol. The highest BCUT2D eigenvalue weighted by Crippen LogP contribution is 2.29. The molecule has 0 aliphatic heterocycles. The Morgan fingerprint density at radius 2 is 1.75 bits per heavy atom. The molecule has 7 heteroatoms. The average molecular weight is 282 g/mol. The number of carbonyl (C=O) groups is 1. The summed E-state index contributed by atoms with van der Waals surface area (Å²) in [4.78, 5) is 11.1. The normalized spacial score (nSPS) is 10.3. The molecule has 4 nitrogen and oxygen atoms in total. The van der Waals surface area contributed by atoms with Crippen molar-refractivity contribution in [2.45, 2.75) is 0 Å². The van der Waals surface area contributed by atoms with Gasteiger partial charge < -0.3 is 16.2 Å². The Hall–Kier alpha value is -2.70. The summed E-state index contributed by atoms with van der Waals surface area (Å²) in [5.74, 6) is -4.66. The molecule has 0 saturated carbocycles. The third-order valence-corrected chi connectivity index (χ3v) is 2.63. The standard InChI is InChI=1S/C13H9F3N2O2/c14-6-2-1-3-9(11(6)16)18-8-5-4-7(15)12(17)10(8)13(19)20/h1-5,18H,17H2,(H,19,20). The first-order chi connectivity index (χ1) is 9.41.